The molecular formula is C24H18Cl2N2OS. The smallest absolute Gasteiger partial charge is 0.266 e. The first-order valence-electron chi connectivity index (χ1n) is 9.45. The molecule has 0 unspecified atom stereocenters. The van der Waals surface area contributed by atoms with E-state index in [1.165, 1.54) is 17.3 Å². The minimum Gasteiger partial charge on any atom is -0.286 e. The Kier molecular flexibility index (Phi) is 6.58. The van der Waals surface area contributed by atoms with Crippen LogP contribution in [-0.4, -0.2) is 22.5 Å². The van der Waals surface area contributed by atoms with Crippen LogP contribution in [0.5, 0.6) is 0 Å². The van der Waals surface area contributed by atoms with Crippen molar-refractivity contribution in [2.45, 2.75) is 6.42 Å². The Morgan fingerprint density at radius 2 is 1.60 bits per heavy atom. The lowest BCUT2D eigenvalue weighted by Gasteiger charge is -2.15. The van der Waals surface area contributed by atoms with Crippen LogP contribution in [0.3, 0.4) is 0 Å². The van der Waals surface area contributed by atoms with Crippen molar-refractivity contribution in [1.82, 2.24) is 4.90 Å². The monoisotopic (exact) mass is 452 g/mol. The topological polar surface area (TPSA) is 32.7 Å². The number of carbonyl (C=O) groups is 1. The maximum Gasteiger partial charge on any atom is 0.266 e. The molecule has 1 amide bonds. The predicted molar refractivity (Wildman–Crippen MR) is 127 cm³/mol. The van der Waals surface area contributed by atoms with Crippen molar-refractivity contribution in [2.75, 3.05) is 6.54 Å². The van der Waals surface area contributed by atoms with E-state index >= 15 is 0 Å². The van der Waals surface area contributed by atoms with Gasteiger partial charge in [-0.2, -0.15) is 0 Å². The van der Waals surface area contributed by atoms with E-state index in [-0.39, 0.29) is 5.91 Å². The molecule has 0 bridgehead atoms. The Labute approximate surface area is 190 Å². The molecule has 0 atom stereocenters. The van der Waals surface area contributed by atoms with E-state index in [0.29, 0.717) is 32.2 Å². The lowest BCUT2D eigenvalue weighted by molar-refractivity contribution is -0.122. The molecule has 3 nitrogen and oxygen atoms in total. The van der Waals surface area contributed by atoms with Crippen molar-refractivity contribution in [2.24, 2.45) is 4.99 Å². The number of halogens is 2. The second kappa shape index (κ2) is 9.52. The SMILES string of the molecule is O=C1/C(=C\c2cccc(Cl)c2Cl)SC(=Nc2ccccc2)N1CCc1ccccc1. The maximum absolute atomic E-state index is 13.2. The minimum atomic E-state index is -0.0818. The first-order valence-corrected chi connectivity index (χ1v) is 11.0. The highest BCUT2D eigenvalue weighted by molar-refractivity contribution is 8.18. The molecule has 150 valence electrons. The molecule has 0 aliphatic carbocycles. The Balaban J connectivity index is 1.66. The molecule has 0 N–H and O–H groups in total. The van der Waals surface area contributed by atoms with Crippen molar-refractivity contribution in [3.63, 3.8) is 0 Å². The molecule has 3 aromatic rings. The van der Waals surface area contributed by atoms with Crippen LogP contribution in [0.25, 0.3) is 6.08 Å². The second-order valence-electron chi connectivity index (χ2n) is 6.68. The summed E-state index contributed by atoms with van der Waals surface area (Å²) in [7, 11) is 0. The van der Waals surface area contributed by atoms with Crippen LogP contribution in [0, 0.1) is 0 Å². The van der Waals surface area contributed by atoms with Crippen LogP contribution in [0.2, 0.25) is 10.0 Å². The van der Waals surface area contributed by atoms with Gasteiger partial charge in [0.25, 0.3) is 5.91 Å². The minimum absolute atomic E-state index is 0.0818. The standard InChI is InChI=1S/C24H18Cl2N2OS/c25-20-13-7-10-18(22(20)26)16-21-23(29)28(15-14-17-8-3-1-4-9-17)24(30-21)27-19-11-5-2-6-12-19/h1-13,16H,14-15H2/b21-16+,27-24?. The summed E-state index contributed by atoms with van der Waals surface area (Å²) in [5.41, 5.74) is 2.69. The first-order chi connectivity index (χ1) is 14.6. The molecule has 4 rings (SSSR count). The van der Waals surface area contributed by atoms with Crippen LogP contribution >= 0.6 is 35.0 Å². The summed E-state index contributed by atoms with van der Waals surface area (Å²) in [4.78, 5) is 20.2. The number of hydrogen-bond acceptors (Lipinski definition) is 3. The fourth-order valence-electron chi connectivity index (χ4n) is 3.06. The van der Waals surface area contributed by atoms with Gasteiger partial charge >= 0.3 is 0 Å². The summed E-state index contributed by atoms with van der Waals surface area (Å²) >= 11 is 13.8. The van der Waals surface area contributed by atoms with E-state index in [1.807, 2.05) is 60.7 Å². The molecule has 1 aliphatic rings. The third-order valence-corrected chi connectivity index (χ3v) is 6.44. The average Bonchev–Trinajstić information content (AvgIpc) is 3.05. The summed E-state index contributed by atoms with van der Waals surface area (Å²) in [6, 6.07) is 25.1. The number of aliphatic imine (C=N–C) groups is 1. The molecular weight excluding hydrogens is 435 g/mol. The Bertz CT molecular complexity index is 1110. The summed E-state index contributed by atoms with van der Waals surface area (Å²) < 4.78 is 0. The van der Waals surface area contributed by atoms with E-state index in [0.717, 1.165) is 12.1 Å². The van der Waals surface area contributed by atoms with Gasteiger partial charge in [0, 0.05) is 6.54 Å². The molecule has 1 heterocycles. The largest absolute Gasteiger partial charge is 0.286 e. The van der Waals surface area contributed by atoms with Crippen molar-refractivity contribution in [3.8, 4) is 0 Å². The van der Waals surface area contributed by atoms with Crippen LogP contribution in [0.15, 0.2) is 88.8 Å². The lowest BCUT2D eigenvalue weighted by Crippen LogP contribution is -2.31. The quantitative estimate of drug-likeness (QED) is 0.396. The Morgan fingerprint density at radius 3 is 2.33 bits per heavy atom. The van der Waals surface area contributed by atoms with Gasteiger partial charge in [-0.3, -0.25) is 9.69 Å². The molecule has 30 heavy (non-hydrogen) atoms. The number of para-hydroxylation sites is 1. The van der Waals surface area contributed by atoms with Gasteiger partial charge in [-0.1, -0.05) is 83.9 Å². The van der Waals surface area contributed by atoms with Crippen LogP contribution in [0.4, 0.5) is 5.69 Å². The Hall–Kier alpha value is -2.53. The summed E-state index contributed by atoms with van der Waals surface area (Å²) in [6.07, 6.45) is 2.52. The van der Waals surface area contributed by atoms with Gasteiger partial charge in [0.1, 0.15) is 0 Å². The molecule has 1 aliphatic heterocycles. The van der Waals surface area contributed by atoms with Crippen LogP contribution in [0.1, 0.15) is 11.1 Å². The van der Waals surface area contributed by atoms with E-state index < -0.39 is 0 Å². The third-order valence-electron chi connectivity index (χ3n) is 4.60. The molecule has 6 heteroatoms. The zero-order valence-electron chi connectivity index (χ0n) is 16.0. The molecule has 0 radical (unpaired) electrons. The number of benzene rings is 3. The number of amidine groups is 1. The summed E-state index contributed by atoms with van der Waals surface area (Å²) in [6.45, 7) is 0.544. The van der Waals surface area contributed by atoms with Crippen LogP contribution < -0.4 is 0 Å². The van der Waals surface area contributed by atoms with Gasteiger partial charge in [-0.05, 0) is 53.6 Å². The molecule has 3 aromatic carbocycles. The van der Waals surface area contributed by atoms with Crippen molar-refractivity contribution in [3.05, 3.63) is 105 Å². The summed E-state index contributed by atoms with van der Waals surface area (Å²) in [5, 5.41) is 1.55. The molecule has 1 fully saturated rings. The summed E-state index contributed by atoms with van der Waals surface area (Å²) in [5.74, 6) is -0.0818. The van der Waals surface area contributed by atoms with Crippen molar-refractivity contribution >= 4 is 57.8 Å². The number of nitrogens with zero attached hydrogens (tertiary/aromatic N) is 2. The van der Waals surface area contributed by atoms with Gasteiger partial charge < -0.3 is 0 Å². The fourth-order valence-corrected chi connectivity index (χ4v) is 4.44. The normalized spacial score (nSPS) is 16.6. The predicted octanol–water partition coefficient (Wildman–Crippen LogP) is 6.84. The zero-order chi connectivity index (χ0) is 20.9. The molecule has 0 aromatic heterocycles. The van der Waals surface area contributed by atoms with E-state index in [2.05, 4.69) is 12.1 Å². The van der Waals surface area contributed by atoms with Gasteiger partial charge in [0.15, 0.2) is 5.17 Å². The number of thioether (sulfide) groups is 1. The second-order valence-corrected chi connectivity index (χ2v) is 8.47. The van der Waals surface area contributed by atoms with Gasteiger partial charge in [-0.25, -0.2) is 4.99 Å². The zero-order valence-corrected chi connectivity index (χ0v) is 18.3. The number of rotatable bonds is 5. The lowest BCUT2D eigenvalue weighted by atomic mass is 10.1. The molecule has 1 saturated heterocycles. The van der Waals surface area contributed by atoms with Gasteiger partial charge in [0.2, 0.25) is 0 Å². The Morgan fingerprint density at radius 1 is 0.900 bits per heavy atom. The molecule has 0 saturated carbocycles. The number of hydrogen-bond donors (Lipinski definition) is 0. The van der Waals surface area contributed by atoms with Crippen molar-refractivity contribution in [1.29, 1.82) is 0 Å². The third kappa shape index (κ3) is 4.78. The highest BCUT2D eigenvalue weighted by Gasteiger charge is 2.33. The maximum atomic E-state index is 13.2. The molecule has 0 spiro atoms. The average molecular weight is 453 g/mol. The first kappa shape index (κ1) is 20.7. The highest BCUT2D eigenvalue weighted by atomic mass is 35.5. The van der Waals surface area contributed by atoms with E-state index in [1.54, 1.807) is 17.0 Å². The van der Waals surface area contributed by atoms with Gasteiger partial charge in [0.05, 0.1) is 20.6 Å². The fraction of sp³-hybridized carbons (Fsp3) is 0.0833. The van der Waals surface area contributed by atoms with E-state index in [9.17, 15) is 4.79 Å². The highest BCUT2D eigenvalue weighted by Crippen LogP contribution is 2.36. The van der Waals surface area contributed by atoms with Gasteiger partial charge in [-0.15, -0.1) is 0 Å². The number of carbonyl (C=O) groups excluding carboxylic acids is 1. The van der Waals surface area contributed by atoms with E-state index in [4.69, 9.17) is 28.2 Å². The van der Waals surface area contributed by atoms with Crippen molar-refractivity contribution < 1.29 is 4.79 Å². The van der Waals surface area contributed by atoms with Crippen LogP contribution in [-0.2, 0) is 11.2 Å². The number of amides is 1.